The lowest BCUT2D eigenvalue weighted by Gasteiger charge is -2.08. The second kappa shape index (κ2) is 6.31. The standard InChI is InChI=1S/C13H8Cl3NO3/c14-9-2-1-8(11(16)5-9)7-20-13-6-10(15)3-4-12(13)17(18)19/h1-6H,7H2. The number of hydrogen-bond acceptors (Lipinski definition) is 3. The Balaban J connectivity index is 2.22. The van der Waals surface area contributed by atoms with Crippen LogP contribution in [0.25, 0.3) is 0 Å². The molecule has 0 unspecified atom stereocenters. The maximum absolute atomic E-state index is 10.9. The highest BCUT2D eigenvalue weighted by atomic mass is 35.5. The van der Waals surface area contributed by atoms with Gasteiger partial charge in [0.25, 0.3) is 0 Å². The van der Waals surface area contributed by atoms with E-state index in [1.165, 1.54) is 18.2 Å². The van der Waals surface area contributed by atoms with E-state index in [2.05, 4.69) is 0 Å². The van der Waals surface area contributed by atoms with Gasteiger partial charge in [-0.05, 0) is 18.2 Å². The molecule has 0 heterocycles. The monoisotopic (exact) mass is 331 g/mol. The first-order valence-corrected chi connectivity index (χ1v) is 6.61. The van der Waals surface area contributed by atoms with Crippen molar-refractivity contribution in [2.75, 3.05) is 0 Å². The molecule has 2 rings (SSSR count). The van der Waals surface area contributed by atoms with Crippen LogP contribution in [0.3, 0.4) is 0 Å². The molecule has 104 valence electrons. The molecule has 0 spiro atoms. The summed E-state index contributed by atoms with van der Waals surface area (Å²) in [5.74, 6) is 0.0912. The summed E-state index contributed by atoms with van der Waals surface area (Å²) in [5.41, 5.74) is 0.518. The van der Waals surface area contributed by atoms with Gasteiger partial charge in [0.05, 0.1) is 4.92 Å². The van der Waals surface area contributed by atoms with Crippen molar-refractivity contribution in [2.24, 2.45) is 0 Å². The van der Waals surface area contributed by atoms with E-state index in [-0.39, 0.29) is 18.0 Å². The van der Waals surface area contributed by atoms with Gasteiger partial charge in [0.1, 0.15) is 6.61 Å². The highest BCUT2D eigenvalue weighted by Gasteiger charge is 2.15. The maximum atomic E-state index is 10.9. The summed E-state index contributed by atoms with van der Waals surface area (Å²) in [6.07, 6.45) is 0. The Morgan fingerprint density at radius 1 is 1.05 bits per heavy atom. The van der Waals surface area contributed by atoms with Crippen LogP contribution in [0, 0.1) is 10.1 Å². The van der Waals surface area contributed by atoms with Gasteiger partial charge >= 0.3 is 5.69 Å². The van der Waals surface area contributed by atoms with Crippen molar-refractivity contribution < 1.29 is 9.66 Å². The van der Waals surface area contributed by atoms with Crippen molar-refractivity contribution in [3.63, 3.8) is 0 Å². The summed E-state index contributed by atoms with van der Waals surface area (Å²) >= 11 is 17.6. The van der Waals surface area contributed by atoms with Gasteiger partial charge in [0, 0.05) is 32.8 Å². The first kappa shape index (κ1) is 14.9. The molecule has 7 heteroatoms. The number of benzene rings is 2. The number of nitro groups is 1. The zero-order valence-corrected chi connectivity index (χ0v) is 12.2. The fourth-order valence-corrected chi connectivity index (χ4v) is 2.17. The van der Waals surface area contributed by atoms with E-state index in [0.29, 0.717) is 20.6 Å². The third-order valence-electron chi connectivity index (χ3n) is 2.52. The molecule has 0 aliphatic carbocycles. The van der Waals surface area contributed by atoms with E-state index in [1.54, 1.807) is 18.2 Å². The summed E-state index contributed by atoms with van der Waals surface area (Å²) in [7, 11) is 0. The highest BCUT2D eigenvalue weighted by molar-refractivity contribution is 6.35. The summed E-state index contributed by atoms with van der Waals surface area (Å²) in [6, 6.07) is 9.06. The second-order valence-electron chi connectivity index (χ2n) is 3.89. The molecule has 0 saturated heterocycles. The van der Waals surface area contributed by atoms with E-state index in [4.69, 9.17) is 39.5 Å². The number of nitro benzene ring substituents is 1. The van der Waals surface area contributed by atoms with Crippen molar-refractivity contribution in [2.45, 2.75) is 6.61 Å². The summed E-state index contributed by atoms with van der Waals surface area (Å²) in [5, 5.41) is 12.2. The Kier molecular flexibility index (Phi) is 4.70. The van der Waals surface area contributed by atoms with Gasteiger partial charge < -0.3 is 4.74 Å². The van der Waals surface area contributed by atoms with Crippen molar-refractivity contribution >= 4 is 40.5 Å². The highest BCUT2D eigenvalue weighted by Crippen LogP contribution is 2.31. The molecular weight excluding hydrogens is 325 g/mol. The van der Waals surface area contributed by atoms with E-state index in [0.717, 1.165) is 0 Å². The fourth-order valence-electron chi connectivity index (χ4n) is 1.55. The topological polar surface area (TPSA) is 52.4 Å². The van der Waals surface area contributed by atoms with E-state index in [9.17, 15) is 10.1 Å². The first-order valence-electron chi connectivity index (χ1n) is 5.48. The van der Waals surface area contributed by atoms with Crippen LogP contribution in [0.1, 0.15) is 5.56 Å². The molecule has 0 bridgehead atoms. The SMILES string of the molecule is O=[N+]([O-])c1ccc(Cl)cc1OCc1ccc(Cl)cc1Cl. The van der Waals surface area contributed by atoms with Crippen LogP contribution in [0.15, 0.2) is 36.4 Å². The number of rotatable bonds is 4. The Hall–Kier alpha value is -1.49. The first-order chi connectivity index (χ1) is 9.47. The molecule has 2 aromatic rings. The quantitative estimate of drug-likeness (QED) is 0.576. The second-order valence-corrected chi connectivity index (χ2v) is 5.17. The molecule has 20 heavy (non-hydrogen) atoms. The Morgan fingerprint density at radius 3 is 2.35 bits per heavy atom. The van der Waals surface area contributed by atoms with Gasteiger partial charge in [-0.3, -0.25) is 10.1 Å². The van der Waals surface area contributed by atoms with Gasteiger partial charge in [-0.25, -0.2) is 0 Å². The zero-order valence-electron chi connectivity index (χ0n) is 9.98. The summed E-state index contributed by atoms with van der Waals surface area (Å²) < 4.78 is 5.43. The minimum absolute atomic E-state index is 0.0805. The van der Waals surface area contributed by atoms with Crippen molar-refractivity contribution in [3.05, 3.63) is 67.1 Å². The van der Waals surface area contributed by atoms with Gasteiger partial charge in [-0.1, -0.05) is 40.9 Å². The Labute approximate surface area is 130 Å². The summed E-state index contributed by atoms with van der Waals surface area (Å²) in [6.45, 7) is 0.0805. The van der Waals surface area contributed by atoms with Crippen LogP contribution >= 0.6 is 34.8 Å². The molecule has 0 amide bonds. The molecule has 0 saturated carbocycles. The molecule has 0 atom stereocenters. The fraction of sp³-hybridized carbons (Fsp3) is 0.0769. The van der Waals surface area contributed by atoms with Crippen molar-refractivity contribution in [1.29, 1.82) is 0 Å². The number of nitrogens with zero attached hydrogens (tertiary/aromatic N) is 1. The lowest BCUT2D eigenvalue weighted by Crippen LogP contribution is -1.99. The minimum Gasteiger partial charge on any atom is -0.482 e. The third kappa shape index (κ3) is 3.54. The predicted octanol–water partition coefficient (Wildman–Crippen LogP) is 5.13. The molecule has 0 fully saturated rings. The molecule has 0 aliphatic heterocycles. The largest absolute Gasteiger partial charge is 0.482 e. The average molecular weight is 333 g/mol. The lowest BCUT2D eigenvalue weighted by molar-refractivity contribution is -0.385. The average Bonchev–Trinajstić information content (AvgIpc) is 2.37. The molecule has 0 aliphatic rings. The molecule has 0 radical (unpaired) electrons. The van der Waals surface area contributed by atoms with E-state index in [1.807, 2.05) is 0 Å². The molecule has 0 aromatic heterocycles. The van der Waals surface area contributed by atoms with Gasteiger partial charge in [-0.2, -0.15) is 0 Å². The predicted molar refractivity (Wildman–Crippen MR) is 78.9 cm³/mol. The normalized spacial score (nSPS) is 10.3. The van der Waals surface area contributed by atoms with Crippen LogP contribution in [0.2, 0.25) is 15.1 Å². The van der Waals surface area contributed by atoms with Crippen LogP contribution < -0.4 is 4.74 Å². The zero-order chi connectivity index (χ0) is 14.7. The van der Waals surface area contributed by atoms with E-state index >= 15 is 0 Å². The van der Waals surface area contributed by atoms with Crippen LogP contribution in [0.4, 0.5) is 5.69 Å². The molecular formula is C13H8Cl3NO3. The Morgan fingerprint density at radius 2 is 1.70 bits per heavy atom. The van der Waals surface area contributed by atoms with Gasteiger partial charge in [-0.15, -0.1) is 0 Å². The third-order valence-corrected chi connectivity index (χ3v) is 3.34. The molecule has 0 N–H and O–H groups in total. The van der Waals surface area contributed by atoms with Crippen molar-refractivity contribution in [3.8, 4) is 5.75 Å². The van der Waals surface area contributed by atoms with Gasteiger partial charge in [0.15, 0.2) is 5.75 Å². The lowest BCUT2D eigenvalue weighted by atomic mass is 10.2. The van der Waals surface area contributed by atoms with Gasteiger partial charge in [0.2, 0.25) is 0 Å². The summed E-state index contributed by atoms with van der Waals surface area (Å²) in [4.78, 5) is 10.4. The molecule has 4 nitrogen and oxygen atoms in total. The molecule has 2 aromatic carbocycles. The van der Waals surface area contributed by atoms with Crippen LogP contribution in [-0.4, -0.2) is 4.92 Å². The number of halogens is 3. The maximum Gasteiger partial charge on any atom is 0.311 e. The van der Waals surface area contributed by atoms with Crippen LogP contribution in [0.5, 0.6) is 5.75 Å². The van der Waals surface area contributed by atoms with Crippen molar-refractivity contribution in [1.82, 2.24) is 0 Å². The number of hydrogen-bond donors (Lipinski definition) is 0. The minimum atomic E-state index is -0.533. The number of ether oxygens (including phenoxy) is 1. The smallest absolute Gasteiger partial charge is 0.311 e. The van der Waals surface area contributed by atoms with E-state index < -0.39 is 4.92 Å². The Bertz CT molecular complexity index is 661. The van der Waals surface area contributed by atoms with Crippen LogP contribution in [-0.2, 0) is 6.61 Å².